The van der Waals surface area contributed by atoms with E-state index < -0.39 is 0 Å². The molecule has 0 aliphatic rings. The van der Waals surface area contributed by atoms with Gasteiger partial charge in [0, 0.05) is 21.3 Å². The fraction of sp³-hybridized carbons (Fsp3) is 0. The van der Waals surface area contributed by atoms with Gasteiger partial charge in [0.25, 0.3) is 0 Å². The van der Waals surface area contributed by atoms with E-state index in [9.17, 15) is 0 Å². The summed E-state index contributed by atoms with van der Waals surface area (Å²) < 4.78 is 0. The monoisotopic (exact) mass is 315 g/mol. The number of rotatable bonds is 3. The van der Waals surface area contributed by atoms with Crippen LogP contribution in [0.4, 0.5) is 11.5 Å². The first-order chi connectivity index (χ1) is 10.2. The van der Waals surface area contributed by atoms with Crippen LogP contribution in [0.25, 0.3) is 11.3 Å². The molecule has 0 saturated carbocycles. The van der Waals surface area contributed by atoms with Gasteiger partial charge in [-0.25, -0.2) is 4.98 Å². The number of anilines is 2. The smallest absolute Gasteiger partial charge is 0.149 e. The Labute approximate surface area is 132 Å². The molecule has 0 unspecified atom stereocenters. The second kappa shape index (κ2) is 6.12. The van der Waals surface area contributed by atoms with Gasteiger partial charge >= 0.3 is 0 Å². The van der Waals surface area contributed by atoms with Gasteiger partial charge in [-0.1, -0.05) is 41.4 Å². The average Bonchev–Trinajstić information content (AvgIpc) is 2.47. The molecule has 104 valence electrons. The topological polar surface area (TPSA) is 37.8 Å². The predicted molar refractivity (Wildman–Crippen MR) is 87.2 cm³/mol. The van der Waals surface area contributed by atoms with Crippen molar-refractivity contribution in [3.8, 4) is 11.3 Å². The molecule has 2 aromatic carbocycles. The Morgan fingerprint density at radius 3 is 2.38 bits per heavy atom. The van der Waals surface area contributed by atoms with Crippen LogP contribution in [0.2, 0.25) is 10.0 Å². The van der Waals surface area contributed by atoms with Gasteiger partial charge in [-0.2, -0.15) is 0 Å². The third-order valence-electron chi connectivity index (χ3n) is 2.85. The molecule has 3 rings (SSSR count). The lowest BCUT2D eigenvalue weighted by molar-refractivity contribution is 1.20. The lowest BCUT2D eigenvalue weighted by atomic mass is 10.2. The quantitative estimate of drug-likeness (QED) is 0.722. The fourth-order valence-corrected chi connectivity index (χ4v) is 2.31. The molecule has 0 aliphatic heterocycles. The number of hydrogen-bond donors (Lipinski definition) is 1. The van der Waals surface area contributed by atoms with Crippen LogP contribution in [0.1, 0.15) is 0 Å². The first kappa shape index (κ1) is 13.9. The van der Waals surface area contributed by atoms with Gasteiger partial charge in [0.1, 0.15) is 5.82 Å². The van der Waals surface area contributed by atoms with Gasteiger partial charge in [0.2, 0.25) is 0 Å². The average molecular weight is 316 g/mol. The highest BCUT2D eigenvalue weighted by atomic mass is 35.5. The molecule has 0 aliphatic carbocycles. The van der Waals surface area contributed by atoms with E-state index in [-0.39, 0.29) is 0 Å². The summed E-state index contributed by atoms with van der Waals surface area (Å²) in [7, 11) is 0. The molecule has 0 atom stereocenters. The zero-order chi connectivity index (χ0) is 14.7. The maximum atomic E-state index is 6.00. The molecule has 21 heavy (non-hydrogen) atoms. The molecule has 0 radical (unpaired) electrons. The summed E-state index contributed by atoms with van der Waals surface area (Å²) in [5, 5.41) is 4.51. The lowest BCUT2D eigenvalue weighted by Crippen LogP contribution is -1.96. The second-order valence-electron chi connectivity index (χ2n) is 4.44. The summed E-state index contributed by atoms with van der Waals surface area (Å²) in [5.74, 6) is 0.648. The third kappa shape index (κ3) is 3.51. The van der Waals surface area contributed by atoms with Crippen LogP contribution in [0.5, 0.6) is 0 Å². The molecule has 5 heteroatoms. The van der Waals surface area contributed by atoms with E-state index >= 15 is 0 Å². The van der Waals surface area contributed by atoms with Crippen molar-refractivity contribution in [1.82, 2.24) is 9.97 Å². The molecule has 0 saturated heterocycles. The van der Waals surface area contributed by atoms with Crippen molar-refractivity contribution in [2.75, 3.05) is 5.32 Å². The number of halogens is 2. The number of benzene rings is 2. The number of hydrogen-bond acceptors (Lipinski definition) is 3. The summed E-state index contributed by atoms with van der Waals surface area (Å²) in [5.41, 5.74) is 2.54. The van der Waals surface area contributed by atoms with Crippen LogP contribution >= 0.6 is 23.2 Å². The maximum Gasteiger partial charge on any atom is 0.149 e. The minimum atomic E-state index is 0.648. The zero-order valence-corrected chi connectivity index (χ0v) is 12.4. The van der Waals surface area contributed by atoms with Crippen molar-refractivity contribution in [1.29, 1.82) is 0 Å². The maximum absolute atomic E-state index is 6.00. The third-order valence-corrected chi connectivity index (χ3v) is 3.32. The largest absolute Gasteiger partial charge is 0.339 e. The van der Waals surface area contributed by atoms with Crippen molar-refractivity contribution in [2.45, 2.75) is 0 Å². The Morgan fingerprint density at radius 2 is 1.62 bits per heavy atom. The standard InChI is InChI=1S/C16H11Cl2N3/c17-12-4-1-3-11(7-12)15-9-19-10-16(21-15)20-14-6-2-5-13(18)8-14/h1-10H,(H,20,21). The molecule has 3 nitrogen and oxygen atoms in total. The highest BCUT2D eigenvalue weighted by Gasteiger charge is 2.03. The SMILES string of the molecule is Clc1cccc(Nc2cncc(-c3cccc(Cl)c3)n2)c1. The van der Waals surface area contributed by atoms with Gasteiger partial charge < -0.3 is 5.32 Å². The Hall–Kier alpha value is -2.10. The van der Waals surface area contributed by atoms with E-state index in [2.05, 4.69) is 15.3 Å². The molecule has 3 aromatic rings. The van der Waals surface area contributed by atoms with E-state index in [0.717, 1.165) is 16.9 Å². The molecule has 0 bridgehead atoms. The Balaban J connectivity index is 1.90. The first-order valence-electron chi connectivity index (χ1n) is 6.31. The minimum absolute atomic E-state index is 0.648. The summed E-state index contributed by atoms with van der Waals surface area (Å²) in [6.45, 7) is 0. The molecule has 0 spiro atoms. The lowest BCUT2D eigenvalue weighted by Gasteiger charge is -2.07. The highest BCUT2D eigenvalue weighted by molar-refractivity contribution is 6.31. The molecule has 0 fully saturated rings. The van der Waals surface area contributed by atoms with E-state index in [1.54, 1.807) is 12.4 Å². The van der Waals surface area contributed by atoms with E-state index in [4.69, 9.17) is 23.2 Å². The van der Waals surface area contributed by atoms with Crippen LogP contribution in [0.15, 0.2) is 60.9 Å². The van der Waals surface area contributed by atoms with E-state index in [1.165, 1.54) is 0 Å². The van der Waals surface area contributed by atoms with Crippen LogP contribution in [-0.4, -0.2) is 9.97 Å². The summed E-state index contributed by atoms with van der Waals surface area (Å²) in [6.07, 6.45) is 3.36. The Morgan fingerprint density at radius 1 is 0.857 bits per heavy atom. The second-order valence-corrected chi connectivity index (χ2v) is 5.31. The van der Waals surface area contributed by atoms with Gasteiger partial charge in [-0.05, 0) is 30.3 Å². The van der Waals surface area contributed by atoms with Crippen LogP contribution in [0.3, 0.4) is 0 Å². The number of nitrogens with zero attached hydrogens (tertiary/aromatic N) is 2. The van der Waals surface area contributed by atoms with E-state index in [1.807, 2.05) is 48.5 Å². The molecule has 0 amide bonds. The van der Waals surface area contributed by atoms with Gasteiger partial charge in [0.15, 0.2) is 0 Å². The molecular weight excluding hydrogens is 305 g/mol. The van der Waals surface area contributed by atoms with Crippen molar-refractivity contribution in [3.05, 3.63) is 71.0 Å². The van der Waals surface area contributed by atoms with Crippen molar-refractivity contribution in [2.24, 2.45) is 0 Å². The normalized spacial score (nSPS) is 10.4. The predicted octanol–water partition coefficient (Wildman–Crippen LogP) is 5.19. The summed E-state index contributed by atoms with van der Waals surface area (Å²) >= 11 is 12.0. The zero-order valence-electron chi connectivity index (χ0n) is 10.9. The number of nitrogens with one attached hydrogen (secondary N) is 1. The van der Waals surface area contributed by atoms with Crippen LogP contribution < -0.4 is 5.32 Å². The summed E-state index contributed by atoms with van der Waals surface area (Å²) in [6, 6.07) is 14.9. The first-order valence-corrected chi connectivity index (χ1v) is 7.07. The minimum Gasteiger partial charge on any atom is -0.339 e. The van der Waals surface area contributed by atoms with Crippen LogP contribution in [0, 0.1) is 0 Å². The summed E-state index contributed by atoms with van der Waals surface area (Å²) in [4.78, 5) is 8.74. The van der Waals surface area contributed by atoms with Gasteiger partial charge in [-0.15, -0.1) is 0 Å². The Bertz CT molecular complexity index is 775. The Kier molecular flexibility index (Phi) is 4.04. The van der Waals surface area contributed by atoms with Crippen molar-refractivity contribution >= 4 is 34.7 Å². The molecule has 1 heterocycles. The fourth-order valence-electron chi connectivity index (χ4n) is 1.93. The molecule has 1 N–H and O–H groups in total. The van der Waals surface area contributed by atoms with Gasteiger partial charge in [0.05, 0.1) is 18.1 Å². The molecular formula is C16H11Cl2N3. The molecule has 1 aromatic heterocycles. The highest BCUT2D eigenvalue weighted by Crippen LogP contribution is 2.23. The van der Waals surface area contributed by atoms with Crippen LogP contribution in [-0.2, 0) is 0 Å². The number of aromatic nitrogens is 2. The van der Waals surface area contributed by atoms with Gasteiger partial charge in [-0.3, -0.25) is 4.98 Å². The van der Waals surface area contributed by atoms with E-state index in [0.29, 0.717) is 15.9 Å². The van der Waals surface area contributed by atoms with Crippen molar-refractivity contribution in [3.63, 3.8) is 0 Å². The van der Waals surface area contributed by atoms with Crippen molar-refractivity contribution < 1.29 is 0 Å².